The van der Waals surface area contributed by atoms with Crippen LogP contribution in [0.25, 0.3) is 0 Å². The normalized spacial score (nSPS) is 17.8. The number of likely N-dealkylation sites (tertiary alicyclic amines) is 1. The van der Waals surface area contributed by atoms with Gasteiger partial charge in [0.2, 0.25) is 0 Å². The number of nitrogens with zero attached hydrogens (tertiary/aromatic N) is 2. The van der Waals surface area contributed by atoms with Gasteiger partial charge in [0.25, 0.3) is 11.5 Å². The second-order valence-electron chi connectivity index (χ2n) is 7.36. The summed E-state index contributed by atoms with van der Waals surface area (Å²) in [6, 6.07) is 9.56. The largest absolute Gasteiger partial charge is 0.489 e. The molecule has 1 amide bonds. The van der Waals surface area contributed by atoms with E-state index in [9.17, 15) is 9.59 Å². The zero-order chi connectivity index (χ0) is 19.0. The molecule has 0 radical (unpaired) electrons. The molecule has 0 atom stereocenters. The fourth-order valence-electron chi connectivity index (χ4n) is 3.60. The zero-order valence-electron chi connectivity index (χ0n) is 15.4. The van der Waals surface area contributed by atoms with Crippen LogP contribution >= 0.6 is 11.6 Å². The summed E-state index contributed by atoms with van der Waals surface area (Å²) in [5.74, 6) is 0.513. The Morgan fingerprint density at radius 3 is 2.48 bits per heavy atom. The van der Waals surface area contributed by atoms with E-state index in [1.54, 1.807) is 15.5 Å². The number of aromatic nitrogens is 1. The molecular formula is C21H23ClN2O3. The van der Waals surface area contributed by atoms with E-state index in [1.807, 2.05) is 37.4 Å². The lowest BCUT2D eigenvalue weighted by atomic mass is 10.0. The van der Waals surface area contributed by atoms with Crippen molar-refractivity contribution in [2.45, 2.75) is 44.8 Å². The van der Waals surface area contributed by atoms with Gasteiger partial charge in [-0.2, -0.15) is 0 Å². The summed E-state index contributed by atoms with van der Waals surface area (Å²) in [6.07, 6.45) is 5.31. The summed E-state index contributed by atoms with van der Waals surface area (Å²) in [5, 5.41) is 0.594. The highest BCUT2D eigenvalue weighted by Gasteiger charge is 2.30. The second kappa shape index (κ2) is 7.39. The van der Waals surface area contributed by atoms with Crippen LogP contribution in [0.3, 0.4) is 0 Å². The van der Waals surface area contributed by atoms with E-state index < -0.39 is 0 Å². The SMILES string of the molecule is Cc1ccn(C2CC2)c(=O)c1C(=O)N1CCC(Oc2ccccc2Cl)CC1. The predicted molar refractivity (Wildman–Crippen MR) is 105 cm³/mol. The topological polar surface area (TPSA) is 51.5 Å². The van der Waals surface area contributed by atoms with Crippen LogP contribution in [0.4, 0.5) is 0 Å². The maximum absolute atomic E-state index is 13.0. The Morgan fingerprint density at radius 1 is 1.11 bits per heavy atom. The number of ether oxygens (including phenoxy) is 1. The summed E-state index contributed by atoms with van der Waals surface area (Å²) in [4.78, 5) is 27.6. The molecule has 2 aromatic rings. The third-order valence-corrected chi connectivity index (χ3v) is 5.65. The van der Waals surface area contributed by atoms with Gasteiger partial charge in [0, 0.05) is 38.2 Å². The van der Waals surface area contributed by atoms with Gasteiger partial charge < -0.3 is 14.2 Å². The number of carbonyl (C=O) groups is 1. The number of rotatable bonds is 4. The van der Waals surface area contributed by atoms with E-state index in [0.29, 0.717) is 29.4 Å². The van der Waals surface area contributed by atoms with Crippen LogP contribution in [0.2, 0.25) is 5.02 Å². The summed E-state index contributed by atoms with van der Waals surface area (Å²) >= 11 is 6.16. The number of amides is 1. The smallest absolute Gasteiger partial charge is 0.263 e. The van der Waals surface area contributed by atoms with Crippen molar-refractivity contribution in [2.24, 2.45) is 0 Å². The standard InChI is InChI=1S/C21H23ClN2O3/c1-14-8-13-24(15-6-7-15)21(26)19(14)20(25)23-11-9-16(10-12-23)27-18-5-3-2-4-17(18)22/h2-5,8,13,15-16H,6-7,9-12H2,1H3. The van der Waals surface area contributed by atoms with E-state index in [-0.39, 0.29) is 23.6 Å². The average Bonchev–Trinajstić information content (AvgIpc) is 3.49. The Labute approximate surface area is 163 Å². The molecule has 2 heterocycles. The number of piperidine rings is 1. The third kappa shape index (κ3) is 3.74. The zero-order valence-corrected chi connectivity index (χ0v) is 16.1. The van der Waals surface area contributed by atoms with Gasteiger partial charge in [-0.25, -0.2) is 0 Å². The van der Waals surface area contributed by atoms with Crippen LogP contribution < -0.4 is 10.3 Å². The van der Waals surface area contributed by atoms with Gasteiger partial charge in [0.05, 0.1) is 5.02 Å². The van der Waals surface area contributed by atoms with Crippen LogP contribution in [0, 0.1) is 6.92 Å². The first-order valence-corrected chi connectivity index (χ1v) is 9.84. The minimum absolute atomic E-state index is 0.0222. The highest BCUT2D eigenvalue weighted by Crippen LogP contribution is 2.33. The lowest BCUT2D eigenvalue weighted by Crippen LogP contribution is -2.44. The summed E-state index contributed by atoms with van der Waals surface area (Å²) in [6.45, 7) is 2.98. The van der Waals surface area contributed by atoms with Crippen LogP contribution in [-0.2, 0) is 0 Å². The minimum Gasteiger partial charge on any atom is -0.489 e. The van der Waals surface area contributed by atoms with Crippen LogP contribution in [-0.4, -0.2) is 34.6 Å². The molecule has 0 bridgehead atoms. The molecule has 6 heteroatoms. The molecule has 4 rings (SSSR count). The van der Waals surface area contributed by atoms with E-state index in [4.69, 9.17) is 16.3 Å². The van der Waals surface area contributed by atoms with Crippen molar-refractivity contribution in [2.75, 3.05) is 13.1 Å². The fourth-order valence-corrected chi connectivity index (χ4v) is 3.78. The van der Waals surface area contributed by atoms with Gasteiger partial charge in [0.15, 0.2) is 0 Å². The molecule has 1 aliphatic carbocycles. The second-order valence-corrected chi connectivity index (χ2v) is 7.76. The first-order chi connectivity index (χ1) is 13.0. The Kier molecular flexibility index (Phi) is 4.96. The van der Waals surface area contributed by atoms with E-state index >= 15 is 0 Å². The summed E-state index contributed by atoms with van der Waals surface area (Å²) in [5.41, 5.74) is 0.906. The Bertz CT molecular complexity index is 912. The molecule has 2 aliphatic rings. The number of benzene rings is 1. The fraction of sp³-hybridized carbons (Fsp3) is 0.429. The highest BCUT2D eigenvalue weighted by atomic mass is 35.5. The van der Waals surface area contributed by atoms with Crippen molar-refractivity contribution >= 4 is 17.5 Å². The van der Waals surface area contributed by atoms with Crippen LogP contribution in [0.5, 0.6) is 5.75 Å². The number of halogens is 1. The minimum atomic E-state index is -0.163. The van der Waals surface area contributed by atoms with Gasteiger partial charge in [-0.15, -0.1) is 0 Å². The molecule has 1 aliphatic heterocycles. The molecule has 1 saturated heterocycles. The van der Waals surface area contributed by atoms with E-state index in [0.717, 1.165) is 31.2 Å². The maximum Gasteiger partial charge on any atom is 0.263 e. The molecule has 0 unspecified atom stereocenters. The van der Waals surface area contributed by atoms with Gasteiger partial charge in [-0.3, -0.25) is 9.59 Å². The molecule has 0 N–H and O–H groups in total. The van der Waals surface area contributed by atoms with Crippen molar-refractivity contribution in [1.29, 1.82) is 0 Å². The number of pyridine rings is 1. The molecule has 1 aromatic heterocycles. The van der Waals surface area contributed by atoms with Crippen molar-refractivity contribution in [3.05, 3.63) is 63.0 Å². The number of para-hydroxylation sites is 1. The number of hydrogen-bond donors (Lipinski definition) is 0. The average molecular weight is 387 g/mol. The van der Waals surface area contributed by atoms with Gasteiger partial charge in [0.1, 0.15) is 17.4 Å². The first kappa shape index (κ1) is 18.1. The molecule has 1 aromatic carbocycles. The van der Waals surface area contributed by atoms with Gasteiger partial charge in [-0.05, 0) is 43.5 Å². The lowest BCUT2D eigenvalue weighted by molar-refractivity contribution is 0.0592. The maximum atomic E-state index is 13.0. The van der Waals surface area contributed by atoms with Crippen LogP contribution in [0.15, 0.2) is 41.3 Å². The molecular weight excluding hydrogens is 364 g/mol. The quantitative estimate of drug-likeness (QED) is 0.802. The van der Waals surface area contributed by atoms with E-state index in [2.05, 4.69) is 0 Å². The summed E-state index contributed by atoms with van der Waals surface area (Å²) in [7, 11) is 0. The van der Waals surface area contributed by atoms with Crippen molar-refractivity contribution in [1.82, 2.24) is 9.47 Å². The summed E-state index contributed by atoms with van der Waals surface area (Å²) < 4.78 is 7.71. The van der Waals surface area contributed by atoms with Crippen molar-refractivity contribution in [3.8, 4) is 5.75 Å². The molecule has 5 nitrogen and oxygen atoms in total. The number of aryl methyl sites for hydroxylation is 1. The third-order valence-electron chi connectivity index (χ3n) is 5.34. The Morgan fingerprint density at radius 2 is 1.81 bits per heavy atom. The van der Waals surface area contributed by atoms with Gasteiger partial charge in [-0.1, -0.05) is 23.7 Å². The van der Waals surface area contributed by atoms with Crippen LogP contribution in [0.1, 0.15) is 47.6 Å². The van der Waals surface area contributed by atoms with Crippen molar-refractivity contribution < 1.29 is 9.53 Å². The molecule has 1 saturated carbocycles. The molecule has 0 spiro atoms. The molecule has 2 fully saturated rings. The first-order valence-electron chi connectivity index (χ1n) is 9.47. The molecule has 27 heavy (non-hydrogen) atoms. The number of hydrogen-bond acceptors (Lipinski definition) is 3. The van der Waals surface area contributed by atoms with Gasteiger partial charge >= 0.3 is 0 Å². The Balaban J connectivity index is 1.44. The molecule has 142 valence electrons. The predicted octanol–water partition coefficient (Wildman–Crippen LogP) is 3.83. The number of carbonyl (C=O) groups excluding carboxylic acids is 1. The lowest BCUT2D eigenvalue weighted by Gasteiger charge is -2.32. The monoisotopic (exact) mass is 386 g/mol. The van der Waals surface area contributed by atoms with Crippen molar-refractivity contribution in [3.63, 3.8) is 0 Å². The van der Waals surface area contributed by atoms with E-state index in [1.165, 1.54) is 0 Å². The Hall–Kier alpha value is -2.27. The highest BCUT2D eigenvalue weighted by molar-refractivity contribution is 6.32.